The van der Waals surface area contributed by atoms with Crippen molar-refractivity contribution in [1.29, 1.82) is 0 Å². The fourth-order valence-electron chi connectivity index (χ4n) is 2.68. The van der Waals surface area contributed by atoms with Crippen LogP contribution in [0.4, 0.5) is 4.39 Å². The molecule has 6 nitrogen and oxygen atoms in total. The zero-order valence-electron chi connectivity index (χ0n) is 13.5. The van der Waals surface area contributed by atoms with E-state index in [4.69, 9.17) is 16.3 Å². The van der Waals surface area contributed by atoms with E-state index in [0.717, 1.165) is 18.6 Å². The first-order chi connectivity index (χ1) is 11.9. The molecule has 134 valence electrons. The highest BCUT2D eigenvalue weighted by Crippen LogP contribution is 2.26. The average Bonchev–Trinajstić information content (AvgIpc) is 2.57. The number of piperidine rings is 1. The van der Waals surface area contributed by atoms with Crippen molar-refractivity contribution in [1.82, 2.24) is 14.3 Å². The summed E-state index contributed by atoms with van der Waals surface area (Å²) in [6.45, 7) is 2.32. The van der Waals surface area contributed by atoms with E-state index in [1.54, 1.807) is 19.2 Å². The minimum Gasteiger partial charge on any atom is -0.473 e. The van der Waals surface area contributed by atoms with Crippen LogP contribution < -0.4 is 4.74 Å². The Morgan fingerprint density at radius 1 is 1.36 bits per heavy atom. The van der Waals surface area contributed by atoms with Gasteiger partial charge in [-0.1, -0.05) is 11.6 Å². The van der Waals surface area contributed by atoms with Crippen LogP contribution in [0.25, 0.3) is 0 Å². The van der Waals surface area contributed by atoms with Crippen LogP contribution in [0.15, 0.2) is 35.4 Å². The second-order valence-electron chi connectivity index (χ2n) is 5.76. The fourth-order valence-corrected chi connectivity index (χ4v) is 4.46. The minimum absolute atomic E-state index is 0.0302. The van der Waals surface area contributed by atoms with Gasteiger partial charge in [0.25, 0.3) is 0 Å². The zero-order valence-corrected chi connectivity index (χ0v) is 15.1. The number of nitrogens with zero attached hydrogens (tertiary/aromatic N) is 3. The zero-order chi connectivity index (χ0) is 18.0. The molecule has 1 aromatic carbocycles. The maximum atomic E-state index is 13.3. The standard InChI is InChI=1S/C16H17ClFN3O3S/c1-11-19-7-6-16(20-11)24-12-3-2-8-21(10-12)25(22,23)13-4-5-15(18)14(17)9-13/h4-7,9,12H,2-3,8,10H2,1H3. The van der Waals surface area contributed by atoms with Gasteiger partial charge >= 0.3 is 0 Å². The van der Waals surface area contributed by atoms with Crippen LogP contribution in [-0.2, 0) is 10.0 Å². The van der Waals surface area contributed by atoms with Crippen molar-refractivity contribution in [2.75, 3.05) is 13.1 Å². The number of sulfonamides is 1. The second kappa shape index (κ2) is 7.23. The molecule has 3 rings (SSSR count). The number of rotatable bonds is 4. The lowest BCUT2D eigenvalue weighted by atomic mass is 10.1. The summed E-state index contributed by atoms with van der Waals surface area (Å²) < 4.78 is 46.0. The van der Waals surface area contributed by atoms with Gasteiger partial charge in [-0.15, -0.1) is 0 Å². The van der Waals surface area contributed by atoms with Gasteiger partial charge in [0.1, 0.15) is 17.7 Å². The molecule has 25 heavy (non-hydrogen) atoms. The van der Waals surface area contributed by atoms with Crippen molar-refractivity contribution < 1.29 is 17.5 Å². The Kier molecular flexibility index (Phi) is 5.21. The SMILES string of the molecule is Cc1nccc(OC2CCCN(S(=O)(=O)c3ccc(F)c(Cl)c3)C2)n1. The predicted octanol–water partition coefficient (Wildman–Crippen LogP) is 2.81. The molecule has 0 aliphatic carbocycles. The molecule has 1 saturated heterocycles. The van der Waals surface area contributed by atoms with E-state index < -0.39 is 15.8 Å². The first kappa shape index (κ1) is 18.0. The largest absolute Gasteiger partial charge is 0.473 e. The number of hydrogen-bond donors (Lipinski definition) is 0. The van der Waals surface area contributed by atoms with Crippen LogP contribution >= 0.6 is 11.6 Å². The summed E-state index contributed by atoms with van der Waals surface area (Å²) >= 11 is 5.71. The van der Waals surface area contributed by atoms with Gasteiger partial charge < -0.3 is 4.74 Å². The summed E-state index contributed by atoms with van der Waals surface area (Å²) in [4.78, 5) is 8.14. The summed E-state index contributed by atoms with van der Waals surface area (Å²) in [5.74, 6) is 0.347. The van der Waals surface area contributed by atoms with E-state index in [1.807, 2.05) is 0 Å². The summed E-state index contributed by atoms with van der Waals surface area (Å²) in [6, 6.07) is 5.04. The van der Waals surface area contributed by atoms with Crippen LogP contribution in [0.3, 0.4) is 0 Å². The molecule has 0 N–H and O–H groups in total. The minimum atomic E-state index is -3.77. The Labute approximate surface area is 150 Å². The predicted molar refractivity (Wildman–Crippen MR) is 90.6 cm³/mol. The third kappa shape index (κ3) is 4.08. The maximum Gasteiger partial charge on any atom is 0.243 e. The third-order valence-corrected chi connectivity index (χ3v) is 6.06. The van der Waals surface area contributed by atoms with Gasteiger partial charge in [0.05, 0.1) is 16.5 Å². The van der Waals surface area contributed by atoms with E-state index in [9.17, 15) is 12.8 Å². The van der Waals surface area contributed by atoms with Crippen LogP contribution in [0, 0.1) is 12.7 Å². The molecule has 1 atom stereocenters. The van der Waals surface area contributed by atoms with Gasteiger partial charge in [-0.3, -0.25) is 0 Å². The molecule has 1 fully saturated rings. The fraction of sp³-hybridized carbons (Fsp3) is 0.375. The molecule has 1 aliphatic rings. The van der Waals surface area contributed by atoms with Crippen LogP contribution in [-0.4, -0.2) is 41.9 Å². The van der Waals surface area contributed by atoms with Crippen molar-refractivity contribution in [3.63, 3.8) is 0 Å². The van der Waals surface area contributed by atoms with E-state index in [-0.39, 0.29) is 22.6 Å². The number of hydrogen-bond acceptors (Lipinski definition) is 5. The molecule has 2 aromatic rings. The van der Waals surface area contributed by atoms with E-state index in [1.165, 1.54) is 10.4 Å². The molecule has 0 spiro atoms. The van der Waals surface area contributed by atoms with Crippen LogP contribution in [0.2, 0.25) is 5.02 Å². The highest BCUT2D eigenvalue weighted by molar-refractivity contribution is 7.89. The lowest BCUT2D eigenvalue weighted by Gasteiger charge is -2.31. The van der Waals surface area contributed by atoms with Crippen molar-refractivity contribution >= 4 is 21.6 Å². The average molecular weight is 386 g/mol. The molecule has 1 aromatic heterocycles. The lowest BCUT2D eigenvalue weighted by Crippen LogP contribution is -2.44. The molecule has 0 bridgehead atoms. The van der Waals surface area contributed by atoms with Gasteiger partial charge in [0.2, 0.25) is 15.9 Å². The second-order valence-corrected chi connectivity index (χ2v) is 8.11. The monoisotopic (exact) mass is 385 g/mol. The number of aromatic nitrogens is 2. The quantitative estimate of drug-likeness (QED) is 0.809. The number of aryl methyl sites for hydroxylation is 1. The Balaban J connectivity index is 1.76. The topological polar surface area (TPSA) is 72.4 Å². The summed E-state index contributed by atoms with van der Waals surface area (Å²) in [6.07, 6.45) is 2.66. The Bertz CT molecular complexity index is 879. The highest BCUT2D eigenvalue weighted by atomic mass is 35.5. The van der Waals surface area contributed by atoms with Crippen molar-refractivity contribution in [2.24, 2.45) is 0 Å². The van der Waals surface area contributed by atoms with Crippen molar-refractivity contribution in [3.8, 4) is 5.88 Å². The summed E-state index contributed by atoms with van der Waals surface area (Å²) in [7, 11) is -3.77. The van der Waals surface area contributed by atoms with Crippen molar-refractivity contribution in [3.05, 3.63) is 47.1 Å². The van der Waals surface area contributed by atoms with Gasteiger partial charge in [-0.05, 0) is 38.0 Å². The Morgan fingerprint density at radius 3 is 2.88 bits per heavy atom. The molecular weight excluding hydrogens is 369 g/mol. The molecule has 1 aliphatic heterocycles. The third-order valence-electron chi connectivity index (χ3n) is 3.91. The Hall–Kier alpha value is -1.77. The molecule has 2 heterocycles. The maximum absolute atomic E-state index is 13.3. The molecule has 0 radical (unpaired) electrons. The van der Waals surface area contributed by atoms with Crippen LogP contribution in [0.5, 0.6) is 5.88 Å². The molecular formula is C16H17ClFN3O3S. The van der Waals surface area contributed by atoms with Gasteiger partial charge in [-0.25, -0.2) is 17.8 Å². The number of halogens is 2. The first-order valence-electron chi connectivity index (χ1n) is 7.78. The lowest BCUT2D eigenvalue weighted by molar-refractivity contribution is 0.124. The van der Waals surface area contributed by atoms with E-state index in [0.29, 0.717) is 24.7 Å². The van der Waals surface area contributed by atoms with Crippen LogP contribution in [0.1, 0.15) is 18.7 Å². The molecule has 0 saturated carbocycles. The Morgan fingerprint density at radius 2 is 2.16 bits per heavy atom. The van der Waals surface area contributed by atoms with Crippen molar-refractivity contribution in [2.45, 2.75) is 30.8 Å². The molecule has 9 heteroatoms. The summed E-state index contributed by atoms with van der Waals surface area (Å²) in [5.41, 5.74) is 0. The first-order valence-corrected chi connectivity index (χ1v) is 9.59. The number of benzene rings is 1. The van der Waals surface area contributed by atoms with E-state index >= 15 is 0 Å². The van der Waals surface area contributed by atoms with Gasteiger partial charge in [0, 0.05) is 18.8 Å². The number of ether oxygens (including phenoxy) is 1. The molecule has 0 amide bonds. The van der Waals surface area contributed by atoms with Gasteiger partial charge in [-0.2, -0.15) is 9.29 Å². The smallest absolute Gasteiger partial charge is 0.243 e. The summed E-state index contributed by atoms with van der Waals surface area (Å²) in [5, 5.41) is -0.220. The van der Waals surface area contributed by atoms with E-state index in [2.05, 4.69) is 9.97 Å². The molecule has 1 unspecified atom stereocenters. The normalized spacial score (nSPS) is 18.9. The highest BCUT2D eigenvalue weighted by Gasteiger charge is 2.31. The van der Waals surface area contributed by atoms with Gasteiger partial charge in [0.15, 0.2) is 0 Å².